The molecule has 2 fully saturated rings. The number of nitrogen functional groups attached to an aromatic ring is 2. The molecular weight excluding hydrogens is 1500 g/mol. The molecular formula is C48H34Br2N10Na2O20S8. The van der Waals surface area contributed by atoms with Crippen LogP contribution in [-0.4, -0.2) is 168 Å². The zero-order chi connectivity index (χ0) is 63.7. The minimum atomic E-state index is -1.60. The number of nitrogens with two attached hydrogens (primary N) is 2. The van der Waals surface area contributed by atoms with Crippen LogP contribution in [0, 0.1) is 0 Å². The number of fused-ring (bicyclic) bond motifs is 4. The number of nitrogens with zero attached hydrogens (tertiary/aromatic N) is 6. The molecule has 0 radical (unpaired) electrons. The summed E-state index contributed by atoms with van der Waals surface area (Å²) in [7, 11) is 0. The van der Waals surface area contributed by atoms with Crippen LogP contribution in [0.4, 0.5) is 10.3 Å². The smallest absolute Gasteiger partial charge is 0.543 e. The number of rotatable bonds is 20. The van der Waals surface area contributed by atoms with Gasteiger partial charge in [-0.3, -0.25) is 38.6 Å². The molecule has 4 aliphatic rings. The Hall–Kier alpha value is -5.70. The topological polar surface area (TPSA) is 490 Å². The largest absolute Gasteiger partial charge is 1.00 e. The predicted molar refractivity (Wildman–Crippen MR) is 327 cm³/mol. The van der Waals surface area contributed by atoms with E-state index in [9.17, 15) is 78.6 Å². The van der Waals surface area contributed by atoms with Crippen molar-refractivity contribution in [3.63, 3.8) is 0 Å². The second kappa shape index (κ2) is 30.4. The number of oxime groups is 2. The Labute approximate surface area is 596 Å². The van der Waals surface area contributed by atoms with E-state index in [1.807, 2.05) is 0 Å². The fourth-order valence-corrected chi connectivity index (χ4v) is 18.2. The van der Waals surface area contributed by atoms with Gasteiger partial charge in [0.05, 0.1) is 50.1 Å². The summed E-state index contributed by atoms with van der Waals surface area (Å²) in [5, 5.41) is 95.5. The van der Waals surface area contributed by atoms with E-state index in [2.05, 4.69) is 62.8 Å². The van der Waals surface area contributed by atoms with E-state index in [1.165, 1.54) is 46.4 Å². The van der Waals surface area contributed by atoms with Gasteiger partial charge < -0.3 is 82.2 Å². The predicted octanol–water partition coefficient (Wildman–Crippen LogP) is -5.04. The number of carbonyl (C=O) groups excluding carboxylic acids is 6. The first kappa shape index (κ1) is 71.7. The number of aromatic nitrogens is 2. The van der Waals surface area contributed by atoms with E-state index in [4.69, 9.17) is 31.4 Å². The number of β-lactam (4-membered cyclic amide) rings is 2. The third-order valence-electron chi connectivity index (χ3n) is 12.3. The number of carboxylic acids is 4. The fraction of sp³-hybridized carbons (Fsp3) is 0.208. The van der Waals surface area contributed by atoms with Crippen molar-refractivity contribution in [2.45, 2.75) is 31.2 Å². The molecule has 90 heavy (non-hydrogen) atoms. The number of carbonyl (C=O) groups is 8. The van der Waals surface area contributed by atoms with Crippen molar-refractivity contribution >= 4 is 214 Å². The minimum absolute atomic E-state index is 0. The summed E-state index contributed by atoms with van der Waals surface area (Å²) in [6, 6.07) is 2.67. The number of carboxylic acid groups (broad SMARTS) is 4. The van der Waals surface area contributed by atoms with Crippen LogP contribution in [-0.2, 0) is 48.0 Å². The normalized spacial score (nSPS) is 17.8. The van der Waals surface area contributed by atoms with Crippen molar-refractivity contribution in [3.8, 4) is 23.0 Å². The van der Waals surface area contributed by atoms with E-state index < -0.39 is 129 Å². The third kappa shape index (κ3) is 15.3. The van der Waals surface area contributed by atoms with Crippen LogP contribution in [0.2, 0.25) is 0 Å². The van der Waals surface area contributed by atoms with Gasteiger partial charge in [0, 0.05) is 56.7 Å². The molecule has 30 nitrogen and oxygen atoms in total. The summed E-state index contributed by atoms with van der Waals surface area (Å²) in [6.45, 7) is -1.68. The van der Waals surface area contributed by atoms with Crippen LogP contribution in [0.15, 0.2) is 94.8 Å². The number of aliphatic carboxylic acids is 4. The summed E-state index contributed by atoms with van der Waals surface area (Å²) in [4.78, 5) is 143. The second-order valence-corrected chi connectivity index (χ2v) is 28.1. The number of amides is 4. The zero-order valence-electron chi connectivity index (χ0n) is 45.3. The molecule has 0 unspecified atom stereocenters. The number of anilines is 2. The summed E-state index contributed by atoms with van der Waals surface area (Å²) in [5.41, 5.74) is 9.54. The summed E-state index contributed by atoms with van der Waals surface area (Å²) in [5.74, 6) is -10.5. The van der Waals surface area contributed by atoms with Crippen LogP contribution in [0.25, 0.3) is 20.2 Å². The molecule has 10 rings (SSSR count). The van der Waals surface area contributed by atoms with Crippen molar-refractivity contribution < 1.29 is 148 Å². The maximum atomic E-state index is 13.1. The van der Waals surface area contributed by atoms with Gasteiger partial charge in [-0.1, -0.05) is 10.3 Å². The van der Waals surface area contributed by atoms with Gasteiger partial charge in [0.15, 0.2) is 55.5 Å². The average Bonchev–Trinajstić information content (AvgIpc) is 1.00. The minimum Gasteiger partial charge on any atom is -0.543 e. The van der Waals surface area contributed by atoms with Gasteiger partial charge >= 0.3 is 71.1 Å². The number of phenolic OH excluding ortho intramolecular Hbond substituents is 4. The molecule has 460 valence electrons. The van der Waals surface area contributed by atoms with Gasteiger partial charge in [0.1, 0.15) is 34.2 Å². The zero-order valence-corrected chi connectivity index (χ0v) is 59.0. The first-order valence-electron chi connectivity index (χ1n) is 24.0. The van der Waals surface area contributed by atoms with Gasteiger partial charge in [0.25, 0.3) is 23.6 Å². The van der Waals surface area contributed by atoms with Gasteiger partial charge in [-0.25, -0.2) is 19.6 Å². The molecule has 4 aliphatic heterocycles. The molecule has 2 aromatic carbocycles. The van der Waals surface area contributed by atoms with Gasteiger partial charge in [-0.15, -0.1) is 92.4 Å². The molecule has 4 aromatic heterocycles. The SMILES string of the molecule is Nc1nc(/C(=N/OCC(=O)O)C(=O)N[C@@H]2C(=O)N3C(C(=O)[O-])=C(CSc4cc(=O)c5cc(O)c(O)c(Br)c5s4)CS[C@H]23)cs1.Nc1nc(/C(=N/OCC(=O)O)C(=O)N[C@@H]2C(=O)N3C(C(=O)[O-])=C(CSc4cc(=O)c5cc(O)c(O)c(Br)c5s4)CS[C@H]23)cs1.[Na+].[Na+]. The summed E-state index contributed by atoms with van der Waals surface area (Å²) in [6.07, 6.45) is 0. The number of hydrogen-bond donors (Lipinski definition) is 10. The first-order valence-corrected chi connectivity index (χ1v) is 33.0. The molecule has 0 spiro atoms. The Morgan fingerprint density at radius 3 is 1.33 bits per heavy atom. The molecule has 4 atom stereocenters. The number of phenols is 4. The van der Waals surface area contributed by atoms with Crippen molar-refractivity contribution in [3.05, 3.63) is 98.3 Å². The van der Waals surface area contributed by atoms with E-state index in [0.29, 0.717) is 29.0 Å². The Morgan fingerprint density at radius 2 is 1.01 bits per heavy atom. The van der Waals surface area contributed by atoms with E-state index >= 15 is 0 Å². The maximum Gasteiger partial charge on any atom is 1.00 e. The third-order valence-corrected chi connectivity index (χ3v) is 23.3. The number of hydrogen-bond acceptors (Lipinski definition) is 32. The van der Waals surface area contributed by atoms with Gasteiger partial charge in [-0.05, 0) is 55.1 Å². The van der Waals surface area contributed by atoms with Crippen molar-refractivity contribution in [2.75, 3.05) is 47.7 Å². The number of aromatic hydroxyl groups is 4. The second-order valence-electron chi connectivity index (χ2n) is 17.9. The van der Waals surface area contributed by atoms with Crippen LogP contribution in [0.1, 0.15) is 11.4 Å². The van der Waals surface area contributed by atoms with Crippen LogP contribution < -0.4 is 102 Å². The summed E-state index contributed by atoms with van der Waals surface area (Å²) < 4.78 is 2.03. The van der Waals surface area contributed by atoms with E-state index in [1.54, 1.807) is 0 Å². The average molecular weight is 1530 g/mol. The molecule has 12 N–H and O–H groups in total. The van der Waals surface area contributed by atoms with Crippen molar-refractivity contribution in [1.29, 1.82) is 0 Å². The Kier molecular flexibility index (Phi) is 24.2. The standard InChI is InChI=1S/2C24H18BrN5O10S4.2Na/c2*25-14-18(35)11(32)1-8-10(31)2-13(44-19(8)14)41-4-7-5-42-22-16(21(37)30(22)17(7)23(38)39)28-20(36)15(29-40-3-12(33)34)9-6-43-24(26)27-9;;/h2*1-2,6,16,22,32,35H,3-5H2,(H2,26,27)(H,28,36)(H,33,34)(H,38,39);;/q;;2*+1/p-2/b2*29-15-;;/t2*16-,22-;;/m11../s1. The number of benzene rings is 2. The van der Waals surface area contributed by atoms with Gasteiger partial charge in [-0.2, -0.15) is 0 Å². The number of thiazole rings is 2. The number of thioether (sulfide) groups is 4. The maximum absolute atomic E-state index is 13.1. The van der Waals surface area contributed by atoms with Crippen LogP contribution in [0.3, 0.4) is 0 Å². The molecule has 2 saturated heterocycles. The molecule has 4 amide bonds. The summed E-state index contributed by atoms with van der Waals surface area (Å²) >= 11 is 15.3. The molecule has 0 saturated carbocycles. The molecule has 8 heterocycles. The number of halogens is 2. The monoisotopic (exact) mass is 1530 g/mol. The van der Waals surface area contributed by atoms with Crippen LogP contribution in [0.5, 0.6) is 23.0 Å². The van der Waals surface area contributed by atoms with Crippen LogP contribution >= 0.6 is 124 Å². The molecule has 42 heteroatoms. The van der Waals surface area contributed by atoms with E-state index in [0.717, 1.165) is 90.8 Å². The van der Waals surface area contributed by atoms with Crippen molar-refractivity contribution in [1.82, 2.24) is 30.4 Å². The molecule has 6 aromatic rings. The molecule has 0 bridgehead atoms. The molecule has 0 aliphatic carbocycles. The number of nitrogens with one attached hydrogen (secondary N) is 2. The Morgan fingerprint density at radius 1 is 0.644 bits per heavy atom. The Bertz CT molecular complexity index is 4000. The Balaban J connectivity index is 0.000000250. The van der Waals surface area contributed by atoms with Crippen molar-refractivity contribution in [2.24, 2.45) is 10.3 Å². The van der Waals surface area contributed by atoms with E-state index in [-0.39, 0.29) is 135 Å². The first-order chi connectivity index (χ1) is 41.7. The fourth-order valence-electron chi connectivity index (χ4n) is 8.36. The van der Waals surface area contributed by atoms with Gasteiger partial charge in [0.2, 0.25) is 13.2 Å². The quantitative estimate of drug-likeness (QED) is 0.00854.